The third kappa shape index (κ3) is 10.8. The van der Waals surface area contributed by atoms with E-state index < -0.39 is 0 Å². The normalized spacial score (nSPS) is 13.0. The molecule has 0 radical (unpaired) electrons. The Labute approximate surface area is 623 Å². The Morgan fingerprint density at radius 1 is 0.255 bits per heavy atom. The minimum Gasteiger partial charge on any atom is -0.458 e. The maximum Gasteiger partial charge on any atom is 0.256 e. The monoisotopic (exact) mass is 1360 g/mol. The molecule has 0 bridgehead atoms. The van der Waals surface area contributed by atoms with Crippen molar-refractivity contribution in [3.8, 4) is 44.9 Å². The quantitative estimate of drug-likeness (QED) is 0.113. The molecular weight excluding hydrogens is 1280 g/mol. The molecule has 0 spiro atoms. The lowest BCUT2D eigenvalue weighted by Crippen LogP contribution is -2.64. The molecule has 4 aliphatic rings. The van der Waals surface area contributed by atoms with E-state index in [1.54, 1.807) is 0 Å². The summed E-state index contributed by atoms with van der Waals surface area (Å²) >= 11 is 0. The molecule has 15 aromatic carbocycles. The van der Waals surface area contributed by atoms with Gasteiger partial charge in [0.25, 0.3) is 13.4 Å². The number of hydrogen-bond donors (Lipinski definition) is 0. The number of para-hydroxylation sites is 9. The Morgan fingerprint density at radius 2 is 0.651 bits per heavy atom. The molecule has 0 saturated carbocycles. The number of rotatable bonds is 12. The van der Waals surface area contributed by atoms with Crippen LogP contribution in [0.4, 0.5) is 85.3 Å². The molecule has 0 aromatic heterocycles. The van der Waals surface area contributed by atoms with E-state index in [-0.39, 0.29) is 24.3 Å². The maximum absolute atomic E-state index is 7.38. The van der Waals surface area contributed by atoms with Crippen LogP contribution in [0.1, 0.15) is 52.7 Å². The summed E-state index contributed by atoms with van der Waals surface area (Å²) in [6.07, 6.45) is 0. The van der Waals surface area contributed by atoms with Gasteiger partial charge in [0.1, 0.15) is 11.5 Å². The van der Waals surface area contributed by atoms with Crippen molar-refractivity contribution in [2.24, 2.45) is 0 Å². The summed E-state index contributed by atoms with van der Waals surface area (Å²) < 4.78 is 7.38. The van der Waals surface area contributed by atoms with Gasteiger partial charge in [-0.3, -0.25) is 0 Å². The van der Waals surface area contributed by atoms with Crippen LogP contribution < -0.4 is 62.0 Å². The Kier molecular flexibility index (Phi) is 15.5. The van der Waals surface area contributed by atoms with Crippen molar-refractivity contribution >= 4 is 132 Å². The zero-order valence-corrected chi connectivity index (χ0v) is 60.4. The van der Waals surface area contributed by atoms with E-state index in [1.807, 2.05) is 0 Å². The van der Waals surface area contributed by atoms with Crippen LogP contribution in [-0.4, -0.2) is 13.4 Å². The number of hydrogen-bond acceptors (Lipinski definition) is 6. The molecule has 0 unspecified atom stereocenters. The van der Waals surface area contributed by atoms with Crippen LogP contribution in [0.25, 0.3) is 33.4 Å². The Morgan fingerprint density at radius 3 is 1.21 bits per heavy atom. The lowest BCUT2D eigenvalue weighted by Gasteiger charge is -2.47. The van der Waals surface area contributed by atoms with Crippen LogP contribution in [0.15, 0.2) is 358 Å². The molecule has 106 heavy (non-hydrogen) atoms. The minimum atomic E-state index is -0.266. The van der Waals surface area contributed by atoms with Crippen molar-refractivity contribution in [2.45, 2.75) is 52.4 Å². The lowest BCUT2D eigenvalue weighted by molar-refractivity contribution is 0.487. The number of ether oxygens (including phenoxy) is 1. The summed E-state index contributed by atoms with van der Waals surface area (Å²) in [6.45, 7) is 13.3. The van der Waals surface area contributed by atoms with Gasteiger partial charge < -0.3 is 29.2 Å². The smallest absolute Gasteiger partial charge is 0.256 e. The molecule has 0 amide bonds. The second kappa shape index (κ2) is 25.6. The Hall–Kier alpha value is -12.8. The van der Waals surface area contributed by atoms with E-state index >= 15 is 0 Å². The molecule has 15 aromatic rings. The van der Waals surface area contributed by atoms with Gasteiger partial charge in [-0.15, -0.1) is 0 Å². The van der Waals surface area contributed by atoms with Crippen molar-refractivity contribution in [1.82, 2.24) is 0 Å². The largest absolute Gasteiger partial charge is 0.458 e. The molecule has 0 atom stereocenters. The number of benzene rings is 15. The molecule has 0 saturated heterocycles. The molecule has 0 fully saturated rings. The molecule has 6 nitrogen and oxygen atoms in total. The van der Waals surface area contributed by atoms with Crippen LogP contribution in [0.3, 0.4) is 0 Å². The first kappa shape index (κ1) is 64.1. The first-order chi connectivity index (χ1) is 51.9. The summed E-state index contributed by atoms with van der Waals surface area (Å²) in [4.78, 5) is 12.7. The first-order valence-electron chi connectivity index (χ1n) is 37.0. The predicted molar refractivity (Wildman–Crippen MR) is 449 cm³/mol. The van der Waals surface area contributed by atoms with Gasteiger partial charge in [-0.25, -0.2) is 0 Å². The molecule has 4 heterocycles. The average molecular weight is 1360 g/mol. The van der Waals surface area contributed by atoms with Crippen molar-refractivity contribution in [2.75, 3.05) is 24.5 Å². The van der Waals surface area contributed by atoms with Crippen LogP contribution in [0.5, 0.6) is 11.5 Å². The standard InChI is InChI=1S/C98H77B2N5O/c1-97(2,3)69-56-52-67(53-57-69)78-43-22-27-47-84(78)102(73-38-18-10-19-39-73)75-60-90-95-91(61-75)105(86-49-29-23-42-77(86)66-32-12-7-13-33-66)89-65-88-82(64-83(89)99(95)80-45-25-30-50-87(80)104(90)85-48-28-24-44-79(85)68-54-58-70(59-55-68)98(4,5)6)100-81-46-26-31-51-93(81)106-94-63-76(62-92(96(94)100)103(88)74-40-20-11-21-41-74)101(71-34-14-8-15-35-71)72-36-16-9-17-37-72/h7-65H,1-6H3. The molecule has 0 aliphatic carbocycles. The van der Waals surface area contributed by atoms with Gasteiger partial charge >= 0.3 is 0 Å². The summed E-state index contributed by atoms with van der Waals surface area (Å²) in [5.74, 6) is 1.68. The van der Waals surface area contributed by atoms with E-state index in [4.69, 9.17) is 4.74 Å². The van der Waals surface area contributed by atoms with Crippen molar-refractivity contribution < 1.29 is 4.74 Å². The van der Waals surface area contributed by atoms with E-state index in [0.29, 0.717) is 0 Å². The highest BCUT2D eigenvalue weighted by molar-refractivity contribution is 7.02. The zero-order valence-electron chi connectivity index (χ0n) is 60.4. The number of anilines is 15. The second-order valence-corrected chi connectivity index (χ2v) is 30.4. The van der Waals surface area contributed by atoms with Gasteiger partial charge in [-0.05, 0) is 175 Å². The molecule has 19 rings (SSSR count). The van der Waals surface area contributed by atoms with Crippen molar-refractivity contribution in [3.05, 3.63) is 369 Å². The summed E-state index contributed by atoms with van der Waals surface area (Å²) in [6, 6.07) is 133. The molecule has 8 heteroatoms. The average Bonchev–Trinajstić information content (AvgIpc) is 0.684. The van der Waals surface area contributed by atoms with Crippen LogP contribution in [0, 0.1) is 0 Å². The highest BCUT2D eigenvalue weighted by Crippen LogP contribution is 2.54. The fourth-order valence-electron chi connectivity index (χ4n) is 17.0. The highest BCUT2D eigenvalue weighted by atomic mass is 16.5. The van der Waals surface area contributed by atoms with Gasteiger partial charge in [-0.2, -0.15) is 0 Å². The molecule has 506 valence electrons. The topological polar surface area (TPSA) is 25.4 Å². The van der Waals surface area contributed by atoms with E-state index in [2.05, 4.69) is 424 Å². The van der Waals surface area contributed by atoms with E-state index in [1.165, 1.54) is 33.0 Å². The molecular formula is C98H77B2N5O. The summed E-state index contributed by atoms with van der Waals surface area (Å²) in [7, 11) is 0. The minimum absolute atomic E-state index is 0.0148. The number of fused-ring (bicyclic) bond motifs is 8. The maximum atomic E-state index is 7.38. The number of nitrogens with zero attached hydrogens (tertiary/aromatic N) is 5. The van der Waals surface area contributed by atoms with E-state index in [0.717, 1.165) is 141 Å². The van der Waals surface area contributed by atoms with Gasteiger partial charge in [-0.1, -0.05) is 290 Å². The zero-order chi connectivity index (χ0) is 71.4. The lowest BCUT2D eigenvalue weighted by atomic mass is 9.30. The third-order valence-corrected chi connectivity index (χ3v) is 22.0. The third-order valence-electron chi connectivity index (χ3n) is 22.0. The molecule has 4 aliphatic heterocycles. The van der Waals surface area contributed by atoms with Gasteiger partial charge in [0.2, 0.25) is 0 Å². The first-order valence-corrected chi connectivity index (χ1v) is 37.0. The SMILES string of the molecule is CC(C)(C)c1ccc(-c2ccccc2N(c2ccccc2)c2cc3c4c(c2)N(c2ccccc2-c2ccccc2)c2cc5c(cc2B4c2ccccc2N3c2ccccc2-c2ccc(C(C)(C)C)cc2)B2c3ccccc3Oc3cc(N(c4ccccc4)c4ccccc4)cc(c32)N5c2ccccc2)cc1. The highest BCUT2D eigenvalue weighted by Gasteiger charge is 2.49. The molecule has 0 N–H and O–H groups in total. The summed E-state index contributed by atoms with van der Waals surface area (Å²) in [5, 5.41) is 0. The van der Waals surface area contributed by atoms with E-state index in [9.17, 15) is 0 Å². The Balaban J connectivity index is 0.938. The van der Waals surface area contributed by atoms with Gasteiger partial charge in [0, 0.05) is 79.6 Å². The Bertz CT molecular complexity index is 5820. The fraction of sp³-hybridized carbons (Fsp3) is 0.0816. The van der Waals surface area contributed by atoms with Crippen LogP contribution >= 0.6 is 0 Å². The van der Waals surface area contributed by atoms with Gasteiger partial charge in [0.15, 0.2) is 0 Å². The second-order valence-electron chi connectivity index (χ2n) is 30.4. The predicted octanol–water partition coefficient (Wildman–Crippen LogP) is 22.7. The van der Waals surface area contributed by atoms with Crippen LogP contribution in [-0.2, 0) is 10.8 Å². The van der Waals surface area contributed by atoms with Crippen molar-refractivity contribution in [3.63, 3.8) is 0 Å². The fourth-order valence-corrected chi connectivity index (χ4v) is 17.0. The van der Waals surface area contributed by atoms with Gasteiger partial charge in [0.05, 0.1) is 28.4 Å². The van der Waals surface area contributed by atoms with Crippen LogP contribution in [0.2, 0.25) is 0 Å². The van der Waals surface area contributed by atoms with Crippen molar-refractivity contribution in [1.29, 1.82) is 0 Å². The summed E-state index contributed by atoms with van der Waals surface area (Å²) in [5.41, 5.74) is 32.4.